The molecule has 0 aromatic heterocycles. The number of nitrogens with one attached hydrogen (secondary N) is 1. The average Bonchev–Trinajstić information content (AvgIpc) is 2.82. The van der Waals surface area contributed by atoms with Crippen molar-refractivity contribution in [2.45, 2.75) is 51.1 Å². The molecule has 0 spiro atoms. The summed E-state index contributed by atoms with van der Waals surface area (Å²) in [4.78, 5) is 21.8. The van der Waals surface area contributed by atoms with E-state index < -0.39 is 5.97 Å². The van der Waals surface area contributed by atoms with Crippen molar-refractivity contribution < 1.29 is 19.4 Å². The summed E-state index contributed by atoms with van der Waals surface area (Å²) in [6.07, 6.45) is 2.24. The standard InChI is InChI=1S/C11H19NO4/c1-3-16-10(15)7-11(4-5-11)12-8(2)6-9(13)14/h8,12H,3-7H2,1-2H3,(H,13,14). The topological polar surface area (TPSA) is 75.6 Å². The third-order valence-electron chi connectivity index (χ3n) is 2.67. The van der Waals surface area contributed by atoms with Gasteiger partial charge in [0.2, 0.25) is 0 Å². The van der Waals surface area contributed by atoms with E-state index in [1.54, 1.807) is 6.92 Å². The van der Waals surface area contributed by atoms with E-state index in [1.165, 1.54) is 0 Å². The van der Waals surface area contributed by atoms with Gasteiger partial charge in [-0.1, -0.05) is 0 Å². The van der Waals surface area contributed by atoms with Crippen LogP contribution in [0, 0.1) is 0 Å². The van der Waals surface area contributed by atoms with Crippen LogP contribution in [0.25, 0.3) is 0 Å². The summed E-state index contributed by atoms with van der Waals surface area (Å²) in [5.74, 6) is -1.04. The molecule has 1 atom stereocenters. The predicted molar refractivity (Wildman–Crippen MR) is 58.1 cm³/mol. The highest BCUT2D eigenvalue weighted by Gasteiger charge is 2.45. The lowest BCUT2D eigenvalue weighted by Gasteiger charge is -2.20. The Labute approximate surface area is 95.2 Å². The minimum absolute atomic E-state index is 0.0740. The molecule has 92 valence electrons. The van der Waals surface area contributed by atoms with E-state index in [2.05, 4.69) is 5.32 Å². The molecule has 1 fully saturated rings. The van der Waals surface area contributed by atoms with E-state index >= 15 is 0 Å². The summed E-state index contributed by atoms with van der Waals surface area (Å²) in [5, 5.41) is 11.8. The fourth-order valence-corrected chi connectivity index (χ4v) is 1.85. The Bertz CT molecular complexity index is 273. The molecule has 0 aromatic carbocycles. The zero-order valence-electron chi connectivity index (χ0n) is 9.78. The lowest BCUT2D eigenvalue weighted by Crippen LogP contribution is -2.41. The number of ether oxygens (including phenoxy) is 1. The van der Waals surface area contributed by atoms with Gasteiger partial charge in [-0.3, -0.25) is 9.59 Å². The molecular weight excluding hydrogens is 210 g/mol. The fourth-order valence-electron chi connectivity index (χ4n) is 1.85. The first kappa shape index (κ1) is 13.0. The molecule has 16 heavy (non-hydrogen) atoms. The number of hydrogen-bond donors (Lipinski definition) is 2. The Morgan fingerprint density at radius 1 is 1.50 bits per heavy atom. The summed E-state index contributed by atoms with van der Waals surface area (Å²) in [6.45, 7) is 3.98. The van der Waals surface area contributed by atoms with Crippen LogP contribution in [-0.4, -0.2) is 35.2 Å². The van der Waals surface area contributed by atoms with Crippen molar-refractivity contribution in [1.82, 2.24) is 5.32 Å². The molecule has 1 unspecified atom stereocenters. The first-order valence-corrected chi connectivity index (χ1v) is 5.62. The van der Waals surface area contributed by atoms with E-state index in [0.717, 1.165) is 12.8 Å². The van der Waals surface area contributed by atoms with Gasteiger partial charge in [0.05, 0.1) is 19.4 Å². The molecule has 0 amide bonds. The van der Waals surface area contributed by atoms with E-state index in [1.807, 2.05) is 6.92 Å². The van der Waals surface area contributed by atoms with Crippen molar-refractivity contribution in [2.24, 2.45) is 0 Å². The number of carboxylic acids is 1. The van der Waals surface area contributed by atoms with Gasteiger partial charge in [0.15, 0.2) is 0 Å². The van der Waals surface area contributed by atoms with Gasteiger partial charge in [-0.25, -0.2) is 0 Å². The minimum Gasteiger partial charge on any atom is -0.481 e. The second kappa shape index (κ2) is 5.30. The number of aliphatic carboxylic acids is 1. The molecule has 1 aliphatic carbocycles. The lowest BCUT2D eigenvalue weighted by molar-refractivity contribution is -0.144. The average molecular weight is 229 g/mol. The molecule has 1 saturated carbocycles. The van der Waals surface area contributed by atoms with Crippen molar-refractivity contribution in [3.63, 3.8) is 0 Å². The number of carbonyl (C=O) groups is 2. The summed E-state index contributed by atoms with van der Waals surface area (Å²) in [7, 11) is 0. The van der Waals surface area contributed by atoms with Crippen LogP contribution in [0.1, 0.15) is 39.5 Å². The predicted octanol–water partition coefficient (Wildman–Crippen LogP) is 0.925. The molecule has 1 aliphatic rings. The third-order valence-corrected chi connectivity index (χ3v) is 2.67. The normalized spacial score (nSPS) is 18.9. The number of rotatable bonds is 7. The van der Waals surface area contributed by atoms with Crippen LogP contribution in [-0.2, 0) is 14.3 Å². The van der Waals surface area contributed by atoms with E-state index in [4.69, 9.17) is 9.84 Å². The minimum atomic E-state index is -0.827. The summed E-state index contributed by atoms with van der Waals surface area (Å²) >= 11 is 0. The van der Waals surface area contributed by atoms with Crippen LogP contribution < -0.4 is 5.32 Å². The maximum absolute atomic E-state index is 11.3. The lowest BCUT2D eigenvalue weighted by atomic mass is 10.1. The van der Waals surface area contributed by atoms with Crippen LogP contribution >= 0.6 is 0 Å². The largest absolute Gasteiger partial charge is 0.481 e. The van der Waals surface area contributed by atoms with Gasteiger partial charge in [0.1, 0.15) is 0 Å². The van der Waals surface area contributed by atoms with Gasteiger partial charge in [-0.15, -0.1) is 0 Å². The Morgan fingerprint density at radius 2 is 2.12 bits per heavy atom. The smallest absolute Gasteiger partial charge is 0.307 e. The third kappa shape index (κ3) is 4.18. The highest BCUT2D eigenvalue weighted by Crippen LogP contribution is 2.39. The maximum atomic E-state index is 11.3. The van der Waals surface area contributed by atoms with Crippen LogP contribution in [0.2, 0.25) is 0 Å². The van der Waals surface area contributed by atoms with Gasteiger partial charge >= 0.3 is 11.9 Å². The molecular formula is C11H19NO4. The summed E-state index contributed by atoms with van der Waals surface area (Å²) < 4.78 is 4.89. The monoisotopic (exact) mass is 229 g/mol. The molecule has 0 aliphatic heterocycles. The van der Waals surface area contributed by atoms with E-state index in [0.29, 0.717) is 13.0 Å². The van der Waals surface area contributed by atoms with Gasteiger partial charge < -0.3 is 15.2 Å². The molecule has 0 aromatic rings. The molecule has 0 saturated heterocycles. The van der Waals surface area contributed by atoms with Crippen LogP contribution in [0.4, 0.5) is 0 Å². The van der Waals surface area contributed by atoms with Gasteiger partial charge in [0.25, 0.3) is 0 Å². The number of carboxylic acid groups (broad SMARTS) is 1. The zero-order valence-corrected chi connectivity index (χ0v) is 9.78. The molecule has 5 heteroatoms. The molecule has 0 heterocycles. The summed E-state index contributed by atoms with van der Waals surface area (Å²) in [6, 6.07) is -0.116. The molecule has 2 N–H and O–H groups in total. The molecule has 0 radical (unpaired) electrons. The van der Waals surface area contributed by atoms with Crippen molar-refractivity contribution in [3.8, 4) is 0 Å². The molecule has 1 rings (SSSR count). The maximum Gasteiger partial charge on any atom is 0.307 e. The van der Waals surface area contributed by atoms with E-state index in [9.17, 15) is 9.59 Å². The van der Waals surface area contributed by atoms with Crippen molar-refractivity contribution >= 4 is 11.9 Å². The van der Waals surface area contributed by atoms with Crippen LogP contribution in [0.3, 0.4) is 0 Å². The van der Waals surface area contributed by atoms with Crippen molar-refractivity contribution in [1.29, 1.82) is 0 Å². The highest BCUT2D eigenvalue weighted by atomic mass is 16.5. The first-order chi connectivity index (χ1) is 7.47. The Hall–Kier alpha value is -1.10. The molecule has 0 bridgehead atoms. The number of esters is 1. The SMILES string of the molecule is CCOC(=O)CC1(NC(C)CC(=O)O)CC1. The molecule has 5 nitrogen and oxygen atoms in total. The van der Waals surface area contributed by atoms with Gasteiger partial charge in [0, 0.05) is 11.6 Å². The van der Waals surface area contributed by atoms with Crippen LogP contribution in [0.5, 0.6) is 0 Å². The highest BCUT2D eigenvalue weighted by molar-refractivity contribution is 5.71. The van der Waals surface area contributed by atoms with E-state index in [-0.39, 0.29) is 24.0 Å². The Kier molecular flexibility index (Phi) is 4.29. The Morgan fingerprint density at radius 3 is 2.56 bits per heavy atom. The number of carbonyl (C=O) groups excluding carboxylic acids is 1. The van der Waals surface area contributed by atoms with Crippen molar-refractivity contribution in [2.75, 3.05) is 6.61 Å². The second-order valence-electron chi connectivity index (χ2n) is 4.41. The zero-order chi connectivity index (χ0) is 12.2. The first-order valence-electron chi connectivity index (χ1n) is 5.62. The fraction of sp³-hybridized carbons (Fsp3) is 0.818. The van der Waals surface area contributed by atoms with Gasteiger partial charge in [-0.2, -0.15) is 0 Å². The van der Waals surface area contributed by atoms with Crippen LogP contribution in [0.15, 0.2) is 0 Å². The Balaban J connectivity index is 2.34. The summed E-state index contributed by atoms with van der Waals surface area (Å²) in [5.41, 5.74) is -0.207. The number of hydrogen-bond acceptors (Lipinski definition) is 4. The second-order valence-corrected chi connectivity index (χ2v) is 4.41. The van der Waals surface area contributed by atoms with Crippen molar-refractivity contribution in [3.05, 3.63) is 0 Å². The quantitative estimate of drug-likeness (QED) is 0.635. The van der Waals surface area contributed by atoms with Gasteiger partial charge in [-0.05, 0) is 26.7 Å².